The summed E-state index contributed by atoms with van der Waals surface area (Å²) in [5, 5.41) is 13.2. The van der Waals surface area contributed by atoms with E-state index in [-0.39, 0.29) is 23.2 Å². The van der Waals surface area contributed by atoms with Crippen molar-refractivity contribution in [3.8, 4) is 0 Å². The highest BCUT2D eigenvalue weighted by Gasteiger charge is 2.23. The molecule has 3 aromatic rings. The van der Waals surface area contributed by atoms with Gasteiger partial charge in [0.2, 0.25) is 5.89 Å². The fraction of sp³-hybridized carbons (Fsp3) is 0.500. The molecule has 1 N–H and O–H groups in total. The molecule has 10 heteroatoms. The van der Waals surface area contributed by atoms with E-state index in [1.54, 1.807) is 0 Å². The maximum absolute atomic E-state index is 13.0. The minimum Gasteiger partial charge on any atom is -0.478 e. The van der Waals surface area contributed by atoms with Crippen LogP contribution in [0.5, 0.6) is 0 Å². The van der Waals surface area contributed by atoms with Crippen molar-refractivity contribution in [1.29, 1.82) is 0 Å². The zero-order chi connectivity index (χ0) is 20.5. The Labute approximate surface area is 160 Å². The maximum atomic E-state index is 13.0. The first-order valence-electron chi connectivity index (χ1n) is 8.95. The molecule has 0 saturated heterocycles. The third-order valence-electron chi connectivity index (χ3n) is 4.18. The van der Waals surface area contributed by atoms with Crippen molar-refractivity contribution in [2.45, 2.75) is 46.2 Å². The molecule has 0 unspecified atom stereocenters. The van der Waals surface area contributed by atoms with Crippen molar-refractivity contribution in [2.75, 3.05) is 13.2 Å². The Balaban J connectivity index is 2.07. The van der Waals surface area contributed by atoms with Crippen molar-refractivity contribution in [3.63, 3.8) is 0 Å². The van der Waals surface area contributed by atoms with E-state index in [1.807, 2.05) is 27.7 Å². The lowest BCUT2D eigenvalue weighted by Crippen LogP contribution is -2.26. The summed E-state index contributed by atoms with van der Waals surface area (Å²) in [4.78, 5) is 32.9. The van der Waals surface area contributed by atoms with E-state index in [4.69, 9.17) is 9.26 Å². The normalized spacial score (nSPS) is 12.0. The van der Waals surface area contributed by atoms with Crippen LogP contribution in [0.3, 0.4) is 0 Å². The minimum absolute atomic E-state index is 0.00768. The SMILES string of the molecule is CCOCCn1c(=O)n(Cc2noc(C(C)(C)C)n2)c2cc(C(=O)O)cnc21. The van der Waals surface area contributed by atoms with E-state index in [1.165, 1.54) is 21.4 Å². The standard InChI is InChI=1S/C18H23N5O5/c1-5-27-7-6-22-14-12(8-11(9-19-14)15(24)25)23(17(22)26)10-13-20-16(28-21-13)18(2,3)4/h8-9H,5-7,10H2,1-4H3,(H,24,25). The molecular weight excluding hydrogens is 366 g/mol. The lowest BCUT2D eigenvalue weighted by atomic mass is 9.97. The first-order chi connectivity index (χ1) is 13.2. The van der Waals surface area contributed by atoms with Crippen molar-refractivity contribution < 1.29 is 19.2 Å². The van der Waals surface area contributed by atoms with Gasteiger partial charge in [0.05, 0.1) is 30.8 Å². The Kier molecular flexibility index (Phi) is 5.32. The number of hydrogen-bond donors (Lipinski definition) is 1. The number of aromatic carboxylic acids is 1. The third-order valence-corrected chi connectivity index (χ3v) is 4.18. The number of carbonyl (C=O) groups is 1. The van der Waals surface area contributed by atoms with Gasteiger partial charge in [-0.1, -0.05) is 25.9 Å². The number of rotatable bonds is 7. The van der Waals surface area contributed by atoms with Crippen LogP contribution in [0.1, 0.15) is 49.8 Å². The van der Waals surface area contributed by atoms with Gasteiger partial charge in [0.15, 0.2) is 11.5 Å². The molecule has 0 saturated carbocycles. The fourth-order valence-corrected chi connectivity index (χ4v) is 2.73. The molecule has 0 atom stereocenters. The van der Waals surface area contributed by atoms with E-state index in [9.17, 15) is 14.7 Å². The quantitative estimate of drug-likeness (QED) is 0.605. The molecule has 3 aromatic heterocycles. The average Bonchev–Trinajstić information content (AvgIpc) is 3.20. The summed E-state index contributed by atoms with van der Waals surface area (Å²) < 4.78 is 13.5. The summed E-state index contributed by atoms with van der Waals surface area (Å²) in [6.07, 6.45) is 1.23. The summed E-state index contributed by atoms with van der Waals surface area (Å²) in [6, 6.07) is 1.42. The largest absolute Gasteiger partial charge is 0.478 e. The second-order valence-electron chi connectivity index (χ2n) is 7.35. The van der Waals surface area contributed by atoms with E-state index < -0.39 is 5.97 Å². The Bertz CT molecular complexity index is 1060. The molecule has 0 fully saturated rings. The Morgan fingerprint density at radius 2 is 2.07 bits per heavy atom. The number of carboxylic acid groups (broad SMARTS) is 1. The van der Waals surface area contributed by atoms with Gasteiger partial charge in [-0.25, -0.2) is 14.6 Å². The first-order valence-corrected chi connectivity index (χ1v) is 8.95. The van der Waals surface area contributed by atoms with Gasteiger partial charge in [0.1, 0.15) is 0 Å². The number of pyridine rings is 1. The van der Waals surface area contributed by atoms with Gasteiger partial charge >= 0.3 is 11.7 Å². The number of nitrogens with zero attached hydrogens (tertiary/aromatic N) is 5. The summed E-state index contributed by atoms with van der Waals surface area (Å²) in [7, 11) is 0. The number of imidazole rings is 1. The topological polar surface area (TPSA) is 125 Å². The molecule has 150 valence electrons. The molecule has 3 rings (SSSR count). The highest BCUT2D eigenvalue weighted by molar-refractivity contribution is 5.91. The molecule has 0 spiro atoms. The van der Waals surface area contributed by atoms with Crippen molar-refractivity contribution in [2.24, 2.45) is 0 Å². The highest BCUT2D eigenvalue weighted by Crippen LogP contribution is 2.20. The number of aromatic nitrogens is 5. The van der Waals surface area contributed by atoms with Crippen LogP contribution in [0.4, 0.5) is 0 Å². The second kappa shape index (κ2) is 7.55. The Morgan fingerprint density at radius 1 is 1.32 bits per heavy atom. The molecule has 0 aromatic carbocycles. The zero-order valence-corrected chi connectivity index (χ0v) is 16.3. The predicted octanol–water partition coefficient (Wildman–Crippen LogP) is 1.66. The molecule has 0 aliphatic heterocycles. The fourth-order valence-electron chi connectivity index (χ4n) is 2.73. The van der Waals surface area contributed by atoms with E-state index >= 15 is 0 Å². The smallest absolute Gasteiger partial charge is 0.337 e. The van der Waals surface area contributed by atoms with Crippen LogP contribution in [0.25, 0.3) is 11.2 Å². The van der Waals surface area contributed by atoms with Crippen molar-refractivity contribution in [1.82, 2.24) is 24.3 Å². The average molecular weight is 389 g/mol. The number of fused-ring (bicyclic) bond motifs is 1. The van der Waals surface area contributed by atoms with Gasteiger partial charge in [0, 0.05) is 18.2 Å². The second-order valence-corrected chi connectivity index (χ2v) is 7.35. The lowest BCUT2D eigenvalue weighted by molar-refractivity contribution is 0.0696. The van der Waals surface area contributed by atoms with Gasteiger partial charge < -0.3 is 14.4 Å². The molecule has 0 aliphatic rings. The van der Waals surface area contributed by atoms with Gasteiger partial charge in [-0.3, -0.25) is 9.13 Å². The van der Waals surface area contributed by atoms with Gasteiger partial charge in [-0.2, -0.15) is 4.98 Å². The lowest BCUT2D eigenvalue weighted by Gasteiger charge is -2.10. The molecule has 0 aliphatic carbocycles. The van der Waals surface area contributed by atoms with Crippen LogP contribution in [-0.4, -0.2) is 48.5 Å². The number of carboxylic acids is 1. The van der Waals surface area contributed by atoms with Crippen LogP contribution >= 0.6 is 0 Å². The molecular formula is C18H23N5O5. The summed E-state index contributed by atoms with van der Waals surface area (Å²) in [6.45, 7) is 8.91. The van der Waals surface area contributed by atoms with E-state index in [0.717, 1.165) is 0 Å². The molecule has 10 nitrogen and oxygen atoms in total. The van der Waals surface area contributed by atoms with Gasteiger partial charge in [-0.15, -0.1) is 0 Å². The first kappa shape index (κ1) is 19.7. The van der Waals surface area contributed by atoms with Crippen LogP contribution in [0, 0.1) is 0 Å². The number of hydrogen-bond acceptors (Lipinski definition) is 7. The predicted molar refractivity (Wildman–Crippen MR) is 99.5 cm³/mol. The van der Waals surface area contributed by atoms with Crippen LogP contribution in [-0.2, 0) is 23.2 Å². The summed E-state index contributed by atoms with van der Waals surface area (Å²) >= 11 is 0. The Morgan fingerprint density at radius 3 is 2.68 bits per heavy atom. The van der Waals surface area contributed by atoms with Gasteiger partial charge in [0.25, 0.3) is 0 Å². The third kappa shape index (κ3) is 3.81. The minimum atomic E-state index is -1.12. The van der Waals surface area contributed by atoms with Crippen LogP contribution in [0.15, 0.2) is 21.6 Å². The van der Waals surface area contributed by atoms with E-state index in [0.29, 0.717) is 42.6 Å². The van der Waals surface area contributed by atoms with Gasteiger partial charge in [-0.05, 0) is 13.0 Å². The molecule has 0 amide bonds. The summed E-state index contributed by atoms with van der Waals surface area (Å²) in [5.41, 5.74) is 0.107. The van der Waals surface area contributed by atoms with Crippen molar-refractivity contribution >= 4 is 17.1 Å². The zero-order valence-electron chi connectivity index (χ0n) is 16.3. The molecule has 0 radical (unpaired) electrons. The van der Waals surface area contributed by atoms with Crippen LogP contribution < -0.4 is 5.69 Å². The maximum Gasteiger partial charge on any atom is 0.337 e. The molecule has 28 heavy (non-hydrogen) atoms. The monoisotopic (exact) mass is 389 g/mol. The Hall–Kier alpha value is -3.01. The van der Waals surface area contributed by atoms with Crippen molar-refractivity contribution in [3.05, 3.63) is 40.0 Å². The van der Waals surface area contributed by atoms with E-state index in [2.05, 4.69) is 15.1 Å². The number of ether oxygens (including phenoxy) is 1. The van der Waals surface area contributed by atoms with Crippen LogP contribution in [0.2, 0.25) is 0 Å². The summed E-state index contributed by atoms with van der Waals surface area (Å²) in [5.74, 6) is -0.332. The highest BCUT2D eigenvalue weighted by atomic mass is 16.5. The molecule has 0 bridgehead atoms. The molecule has 3 heterocycles.